The highest BCUT2D eigenvalue weighted by Gasteiger charge is 2.35. The van der Waals surface area contributed by atoms with Gasteiger partial charge >= 0.3 is 6.18 Å². The Morgan fingerprint density at radius 2 is 2.21 bits per heavy atom. The SMILES string of the molecule is Cc1cc(C(=O)N2CCCC[C@@H]2c2nnc(CC(F)(F)F)o2)n[nH]1. The lowest BCUT2D eigenvalue weighted by molar-refractivity contribution is -0.131. The number of hydrogen-bond acceptors (Lipinski definition) is 5. The zero-order valence-electron chi connectivity index (χ0n) is 12.9. The highest BCUT2D eigenvalue weighted by atomic mass is 19.4. The first-order chi connectivity index (χ1) is 11.3. The van der Waals surface area contributed by atoms with E-state index in [4.69, 9.17) is 4.42 Å². The van der Waals surface area contributed by atoms with Crippen molar-refractivity contribution in [3.05, 3.63) is 29.2 Å². The molecule has 0 bridgehead atoms. The molecule has 10 heteroatoms. The van der Waals surface area contributed by atoms with Crippen LogP contribution in [0.15, 0.2) is 10.5 Å². The number of alkyl halides is 3. The van der Waals surface area contributed by atoms with Gasteiger partial charge in [0.05, 0.1) is 0 Å². The van der Waals surface area contributed by atoms with Crippen molar-refractivity contribution in [3.8, 4) is 0 Å². The molecule has 2 aromatic heterocycles. The number of aromatic amines is 1. The van der Waals surface area contributed by atoms with Crippen molar-refractivity contribution in [2.24, 2.45) is 0 Å². The van der Waals surface area contributed by atoms with Crippen molar-refractivity contribution < 1.29 is 22.4 Å². The number of H-pyrrole nitrogens is 1. The van der Waals surface area contributed by atoms with E-state index in [0.717, 1.165) is 18.5 Å². The van der Waals surface area contributed by atoms with Gasteiger partial charge in [-0.1, -0.05) is 0 Å². The predicted octanol–water partition coefficient (Wildman–Crippen LogP) is 2.57. The van der Waals surface area contributed by atoms with Crippen LogP contribution >= 0.6 is 0 Å². The molecule has 1 N–H and O–H groups in total. The van der Waals surface area contributed by atoms with Crippen LogP contribution in [0.25, 0.3) is 0 Å². The molecular weight excluding hydrogens is 327 g/mol. The smallest absolute Gasteiger partial charge is 0.397 e. The molecule has 1 aliphatic rings. The van der Waals surface area contributed by atoms with Crippen molar-refractivity contribution in [1.29, 1.82) is 0 Å². The summed E-state index contributed by atoms with van der Waals surface area (Å²) in [7, 11) is 0. The number of nitrogens with one attached hydrogen (secondary N) is 1. The minimum atomic E-state index is -4.42. The third-order valence-corrected chi connectivity index (χ3v) is 3.81. The molecule has 1 fully saturated rings. The van der Waals surface area contributed by atoms with Crippen LogP contribution in [0.5, 0.6) is 0 Å². The second kappa shape index (κ2) is 6.25. The molecule has 0 unspecified atom stereocenters. The van der Waals surface area contributed by atoms with Gasteiger partial charge in [-0.3, -0.25) is 9.89 Å². The minimum absolute atomic E-state index is 0.0366. The van der Waals surface area contributed by atoms with Gasteiger partial charge < -0.3 is 9.32 Å². The summed E-state index contributed by atoms with van der Waals surface area (Å²) in [6.07, 6.45) is -3.51. The Balaban J connectivity index is 1.81. The van der Waals surface area contributed by atoms with Gasteiger partial charge in [-0.25, -0.2) is 0 Å². The lowest BCUT2D eigenvalue weighted by Gasteiger charge is -2.32. The summed E-state index contributed by atoms with van der Waals surface area (Å²) in [5.74, 6) is -0.764. The number of likely N-dealkylation sites (tertiary alicyclic amines) is 1. The fraction of sp³-hybridized carbons (Fsp3) is 0.571. The van der Waals surface area contributed by atoms with Gasteiger partial charge in [-0.05, 0) is 32.3 Å². The number of aryl methyl sites for hydroxylation is 1. The Labute approximate surface area is 135 Å². The van der Waals surface area contributed by atoms with E-state index in [-0.39, 0.29) is 17.5 Å². The molecule has 130 valence electrons. The second-order valence-corrected chi connectivity index (χ2v) is 5.77. The average molecular weight is 343 g/mol. The third-order valence-electron chi connectivity index (χ3n) is 3.81. The normalized spacial score (nSPS) is 18.8. The topological polar surface area (TPSA) is 87.9 Å². The molecule has 3 rings (SSSR count). The Kier molecular flexibility index (Phi) is 4.29. The van der Waals surface area contributed by atoms with Crippen molar-refractivity contribution in [2.45, 2.75) is 44.8 Å². The largest absolute Gasteiger partial charge is 0.423 e. The first-order valence-electron chi connectivity index (χ1n) is 7.55. The number of halogens is 3. The fourth-order valence-electron chi connectivity index (χ4n) is 2.75. The van der Waals surface area contributed by atoms with Gasteiger partial charge in [0, 0.05) is 12.2 Å². The first kappa shape index (κ1) is 16.5. The van der Waals surface area contributed by atoms with Gasteiger partial charge in [-0.2, -0.15) is 18.3 Å². The highest BCUT2D eigenvalue weighted by molar-refractivity contribution is 5.92. The summed E-state index contributed by atoms with van der Waals surface area (Å²) in [4.78, 5) is 14.1. The fourth-order valence-corrected chi connectivity index (χ4v) is 2.75. The number of amides is 1. The van der Waals surface area contributed by atoms with E-state index in [2.05, 4.69) is 20.4 Å². The van der Waals surface area contributed by atoms with Crippen molar-refractivity contribution in [1.82, 2.24) is 25.3 Å². The molecule has 1 atom stereocenters. The zero-order chi connectivity index (χ0) is 17.3. The summed E-state index contributed by atoms with van der Waals surface area (Å²) in [6.45, 7) is 2.24. The molecule has 0 aliphatic carbocycles. The van der Waals surface area contributed by atoms with E-state index in [0.29, 0.717) is 13.0 Å². The maximum atomic E-state index is 12.6. The quantitative estimate of drug-likeness (QED) is 0.925. The summed E-state index contributed by atoms with van der Waals surface area (Å²) >= 11 is 0. The van der Waals surface area contributed by atoms with Gasteiger partial charge in [0.2, 0.25) is 11.8 Å². The molecule has 24 heavy (non-hydrogen) atoms. The van der Waals surface area contributed by atoms with Crippen LogP contribution in [0, 0.1) is 6.92 Å². The maximum absolute atomic E-state index is 12.6. The third kappa shape index (κ3) is 3.57. The van der Waals surface area contributed by atoms with Gasteiger partial charge in [-0.15, -0.1) is 10.2 Å². The number of nitrogens with zero attached hydrogens (tertiary/aromatic N) is 4. The Morgan fingerprint density at radius 3 is 2.88 bits per heavy atom. The molecule has 3 heterocycles. The van der Waals surface area contributed by atoms with Crippen LogP contribution < -0.4 is 0 Å². The number of piperidine rings is 1. The Hall–Kier alpha value is -2.39. The minimum Gasteiger partial charge on any atom is -0.423 e. The van der Waals surface area contributed by atoms with Crippen LogP contribution in [0.4, 0.5) is 13.2 Å². The number of hydrogen-bond donors (Lipinski definition) is 1. The van der Waals surface area contributed by atoms with E-state index >= 15 is 0 Å². The average Bonchev–Trinajstić information content (AvgIpc) is 3.14. The van der Waals surface area contributed by atoms with Crippen molar-refractivity contribution >= 4 is 5.91 Å². The lowest BCUT2D eigenvalue weighted by atomic mass is 10.0. The van der Waals surface area contributed by atoms with Crippen LogP contribution in [0.1, 0.15) is 53.3 Å². The number of carbonyl (C=O) groups is 1. The summed E-state index contributed by atoms with van der Waals surface area (Å²) < 4.78 is 42.4. The molecule has 0 saturated carbocycles. The number of carbonyl (C=O) groups excluding carboxylic acids is 1. The molecule has 0 radical (unpaired) electrons. The molecule has 0 aromatic carbocycles. The van der Waals surface area contributed by atoms with Crippen LogP contribution in [0.3, 0.4) is 0 Å². The molecule has 7 nitrogen and oxygen atoms in total. The molecule has 1 saturated heterocycles. The molecule has 0 spiro atoms. The van der Waals surface area contributed by atoms with E-state index in [1.165, 1.54) is 4.90 Å². The van der Waals surface area contributed by atoms with Crippen LogP contribution in [0.2, 0.25) is 0 Å². The Bertz CT molecular complexity index is 724. The van der Waals surface area contributed by atoms with Crippen LogP contribution in [-0.2, 0) is 6.42 Å². The lowest BCUT2D eigenvalue weighted by Crippen LogP contribution is -2.38. The zero-order valence-corrected chi connectivity index (χ0v) is 12.9. The van der Waals surface area contributed by atoms with E-state index < -0.39 is 24.5 Å². The summed E-state index contributed by atoms with van der Waals surface area (Å²) in [5, 5.41) is 13.8. The molecule has 2 aromatic rings. The molecular formula is C14H16F3N5O2. The number of rotatable bonds is 3. The van der Waals surface area contributed by atoms with Gasteiger partial charge in [0.15, 0.2) is 0 Å². The summed E-state index contributed by atoms with van der Waals surface area (Å²) in [5.41, 5.74) is 1.01. The Morgan fingerprint density at radius 1 is 1.42 bits per heavy atom. The number of aromatic nitrogens is 4. The van der Waals surface area contributed by atoms with Crippen LogP contribution in [-0.4, -0.2) is 43.9 Å². The van der Waals surface area contributed by atoms with Gasteiger partial charge in [0.25, 0.3) is 5.91 Å². The molecule has 1 amide bonds. The maximum Gasteiger partial charge on any atom is 0.397 e. The standard InChI is InChI=1S/C14H16F3N5O2/c1-8-6-9(19-18-8)13(23)22-5-3-2-4-10(22)12-21-20-11(24-12)7-14(15,16)17/h6,10H,2-5,7H2,1H3,(H,18,19)/t10-/m1/s1. The van der Waals surface area contributed by atoms with E-state index in [9.17, 15) is 18.0 Å². The van der Waals surface area contributed by atoms with E-state index in [1.807, 2.05) is 0 Å². The van der Waals surface area contributed by atoms with E-state index in [1.54, 1.807) is 13.0 Å². The monoisotopic (exact) mass is 343 g/mol. The first-order valence-corrected chi connectivity index (χ1v) is 7.55. The highest BCUT2D eigenvalue weighted by Crippen LogP contribution is 2.32. The predicted molar refractivity (Wildman–Crippen MR) is 75.0 cm³/mol. The summed E-state index contributed by atoms with van der Waals surface area (Å²) in [6, 6.07) is 1.09. The molecule has 1 aliphatic heterocycles. The van der Waals surface area contributed by atoms with Crippen molar-refractivity contribution in [3.63, 3.8) is 0 Å². The van der Waals surface area contributed by atoms with Crippen molar-refractivity contribution in [2.75, 3.05) is 6.54 Å². The second-order valence-electron chi connectivity index (χ2n) is 5.77. The van der Waals surface area contributed by atoms with Gasteiger partial charge in [0.1, 0.15) is 18.2 Å².